The zero-order chi connectivity index (χ0) is 15.2. The standard InChI is InChI=1S/C6H22B8N2O2/c7-3(8,1(15)2(17)18)4(9,10)5(11,12)6(13,14)16/h1H,7-16H2,(H,17,18). The van der Waals surface area contributed by atoms with Gasteiger partial charge in [-0.1, -0.05) is 21.0 Å². The average Bonchev–Trinajstić information content (AvgIpc) is 2.13. The van der Waals surface area contributed by atoms with Crippen molar-refractivity contribution in [1.82, 2.24) is 0 Å². The van der Waals surface area contributed by atoms with Crippen LogP contribution in [-0.2, 0) is 4.79 Å². The summed E-state index contributed by atoms with van der Waals surface area (Å²) in [7, 11) is 16.0. The number of rotatable bonds is 5. The van der Waals surface area contributed by atoms with Gasteiger partial charge in [-0.3, -0.25) is 4.79 Å². The second-order valence-electron chi connectivity index (χ2n) is 7.51. The van der Waals surface area contributed by atoms with Gasteiger partial charge in [-0.05, 0) is 0 Å². The van der Waals surface area contributed by atoms with Crippen molar-refractivity contribution in [1.29, 1.82) is 0 Å². The zero-order valence-electron chi connectivity index (χ0n) is 13.1. The Bertz CT molecular complexity index is 339. The Morgan fingerprint density at radius 1 is 0.944 bits per heavy atom. The van der Waals surface area contributed by atoms with Crippen molar-refractivity contribution in [3.05, 3.63) is 0 Å². The van der Waals surface area contributed by atoms with Crippen LogP contribution in [0.5, 0.6) is 0 Å². The van der Waals surface area contributed by atoms with Gasteiger partial charge in [-0.2, -0.15) is 0 Å². The maximum atomic E-state index is 11.2. The first-order valence-electron chi connectivity index (χ1n) is 6.38. The molecule has 1 atom stereocenters. The number of carbonyl (C=O) groups is 1. The van der Waals surface area contributed by atoms with Gasteiger partial charge in [0.15, 0.2) is 0 Å². The Balaban J connectivity index is 5.71. The van der Waals surface area contributed by atoms with Crippen molar-refractivity contribution < 1.29 is 9.90 Å². The summed E-state index contributed by atoms with van der Waals surface area (Å²) < 4.78 is 0. The van der Waals surface area contributed by atoms with Gasteiger partial charge in [0, 0.05) is 0 Å². The largest absolute Gasteiger partial charge is 0.480 e. The first kappa shape index (κ1) is 17.9. The van der Waals surface area contributed by atoms with E-state index in [1.165, 1.54) is 0 Å². The molecule has 0 saturated carbocycles. The van der Waals surface area contributed by atoms with Gasteiger partial charge in [0.1, 0.15) is 31.4 Å². The van der Waals surface area contributed by atoms with Crippen LogP contribution >= 0.6 is 0 Å². The van der Waals surface area contributed by atoms with Crippen LogP contribution in [0.4, 0.5) is 0 Å². The van der Waals surface area contributed by atoms with Gasteiger partial charge >= 0.3 is 5.97 Å². The minimum atomic E-state index is -0.973. The SMILES string of the molecule is BC(B)(N)C(B)(B)C(B)(B)C(B)(B)C(N)C(=O)O. The molecule has 0 saturated heterocycles. The quantitative estimate of drug-likeness (QED) is 0.417. The lowest BCUT2D eigenvalue weighted by Gasteiger charge is -2.60. The molecule has 0 aliphatic heterocycles. The predicted molar refractivity (Wildman–Crippen MR) is 99.0 cm³/mol. The summed E-state index contributed by atoms with van der Waals surface area (Å²) in [5.74, 6) is -0.973. The number of hydrogen-bond acceptors (Lipinski definition) is 3. The Kier molecular flexibility index (Phi) is 4.76. The van der Waals surface area contributed by atoms with E-state index in [0.29, 0.717) is 0 Å². The number of carboxylic acid groups (broad SMARTS) is 1. The molecule has 0 amide bonds. The van der Waals surface area contributed by atoms with E-state index in [0.717, 1.165) is 0 Å². The van der Waals surface area contributed by atoms with E-state index in [-0.39, 0.29) is 10.4 Å². The monoisotopic (exact) mass is 242 g/mol. The number of carboxylic acids is 1. The maximum Gasteiger partial charge on any atom is 0.319 e. The van der Waals surface area contributed by atoms with Crippen LogP contribution < -0.4 is 11.5 Å². The maximum absolute atomic E-state index is 11.2. The van der Waals surface area contributed by atoms with Crippen LogP contribution in [0.25, 0.3) is 0 Å². The molecule has 0 fully saturated rings. The highest BCUT2D eigenvalue weighted by Gasteiger charge is 2.54. The van der Waals surface area contributed by atoms with Crippen LogP contribution in [0.1, 0.15) is 0 Å². The lowest BCUT2D eigenvalue weighted by Crippen LogP contribution is -2.64. The zero-order valence-corrected chi connectivity index (χ0v) is 13.1. The van der Waals surface area contributed by atoms with Crippen LogP contribution in [-0.4, -0.2) is 85.2 Å². The summed E-state index contributed by atoms with van der Waals surface area (Å²) in [4.78, 5) is 11.2. The number of hydrogen-bond donors (Lipinski definition) is 3. The molecular weight excluding hydrogens is 219 g/mol. The minimum absolute atomic E-state index is 0.281. The third-order valence-corrected chi connectivity index (χ3v) is 5.83. The summed E-state index contributed by atoms with van der Waals surface area (Å²) in [6.07, 6.45) is 0. The molecule has 4 nitrogen and oxygen atoms in total. The average molecular weight is 241 g/mol. The van der Waals surface area contributed by atoms with Crippen LogP contribution in [0.3, 0.4) is 0 Å². The molecule has 0 aromatic heterocycles. The summed E-state index contributed by atoms with van der Waals surface area (Å²) >= 11 is 0. The first-order chi connectivity index (χ1) is 7.60. The highest BCUT2D eigenvalue weighted by atomic mass is 16.4. The molecule has 0 rings (SSSR count). The fourth-order valence-electron chi connectivity index (χ4n) is 2.31. The van der Waals surface area contributed by atoms with Gasteiger partial charge in [-0.25, -0.2) is 0 Å². The van der Waals surface area contributed by atoms with E-state index < -0.39 is 22.6 Å². The van der Waals surface area contributed by atoms with Gasteiger partial charge < -0.3 is 16.6 Å². The highest BCUT2D eigenvalue weighted by Crippen LogP contribution is 2.59. The van der Waals surface area contributed by atoms with E-state index in [1.54, 1.807) is 0 Å². The topological polar surface area (TPSA) is 89.3 Å². The van der Waals surface area contributed by atoms with Crippen molar-refractivity contribution in [3.63, 3.8) is 0 Å². The van der Waals surface area contributed by atoms with Crippen molar-refractivity contribution in [2.75, 3.05) is 0 Å². The molecule has 0 aliphatic rings. The summed E-state index contributed by atoms with van der Waals surface area (Å²) in [5.41, 5.74) is 12.2. The summed E-state index contributed by atoms with van der Waals surface area (Å²) in [5, 5.41) is 7.54. The second-order valence-corrected chi connectivity index (χ2v) is 7.51. The van der Waals surface area contributed by atoms with Crippen LogP contribution in [0, 0.1) is 0 Å². The van der Waals surface area contributed by atoms with Crippen molar-refractivity contribution in [2.24, 2.45) is 11.5 Å². The lowest BCUT2D eigenvalue weighted by molar-refractivity contribution is -0.139. The van der Waals surface area contributed by atoms with Crippen LogP contribution in [0.2, 0.25) is 15.6 Å². The lowest BCUT2D eigenvalue weighted by atomic mass is 9.12. The van der Waals surface area contributed by atoms with E-state index in [2.05, 4.69) is 15.7 Å². The molecule has 0 aliphatic carbocycles. The van der Waals surface area contributed by atoms with E-state index in [9.17, 15) is 9.90 Å². The summed E-state index contributed by atoms with van der Waals surface area (Å²) in [6, 6.07) is -0.922. The molecule has 92 valence electrons. The molecule has 0 radical (unpaired) electrons. The molecule has 12 heteroatoms. The smallest absolute Gasteiger partial charge is 0.319 e. The van der Waals surface area contributed by atoms with E-state index in [4.69, 9.17) is 11.5 Å². The molecular formula is C6H22B8N2O2. The molecule has 1 unspecified atom stereocenters. The van der Waals surface area contributed by atoms with Crippen molar-refractivity contribution in [2.45, 2.75) is 27.0 Å². The van der Waals surface area contributed by atoms with Gasteiger partial charge in [0.2, 0.25) is 0 Å². The fraction of sp³-hybridized carbons (Fsp3) is 0.833. The van der Waals surface area contributed by atoms with Gasteiger partial charge in [0.05, 0.1) is 37.4 Å². The fourth-order valence-corrected chi connectivity index (χ4v) is 2.31. The third-order valence-electron chi connectivity index (χ3n) is 5.83. The predicted octanol–water partition coefficient (Wildman–Crippen LogP) is -8.58. The molecule has 0 aromatic rings. The minimum Gasteiger partial charge on any atom is -0.480 e. The molecule has 18 heavy (non-hydrogen) atoms. The Morgan fingerprint density at radius 3 is 1.50 bits per heavy atom. The Morgan fingerprint density at radius 2 is 1.28 bits per heavy atom. The van der Waals surface area contributed by atoms with Crippen molar-refractivity contribution in [3.8, 4) is 0 Å². The molecule has 0 aromatic carbocycles. The molecule has 0 bridgehead atoms. The normalized spacial score (nSPS) is 16.1. The molecule has 5 N–H and O–H groups in total. The molecule has 0 heterocycles. The van der Waals surface area contributed by atoms with Crippen molar-refractivity contribution >= 4 is 68.7 Å². The van der Waals surface area contributed by atoms with E-state index >= 15 is 0 Å². The first-order valence-corrected chi connectivity index (χ1v) is 6.38. The van der Waals surface area contributed by atoms with Gasteiger partial charge in [-0.15, -0.1) is 0 Å². The highest BCUT2D eigenvalue weighted by molar-refractivity contribution is 6.66. The Hall–Kier alpha value is -0.0905. The third kappa shape index (κ3) is 2.60. The van der Waals surface area contributed by atoms with Gasteiger partial charge in [0.25, 0.3) is 0 Å². The van der Waals surface area contributed by atoms with Crippen LogP contribution in [0.15, 0.2) is 0 Å². The number of aliphatic carboxylic acids is 1. The second kappa shape index (κ2) is 4.78. The Labute approximate surface area is 117 Å². The number of nitrogens with two attached hydrogens (primary N) is 2. The van der Waals surface area contributed by atoms with E-state index in [1.807, 2.05) is 47.1 Å². The molecule has 0 spiro atoms. The summed E-state index contributed by atoms with van der Waals surface area (Å²) in [6.45, 7) is 0.